The van der Waals surface area contributed by atoms with Crippen LogP contribution in [0.25, 0.3) is 0 Å². The number of nitrogens with two attached hydrogens (primary N) is 1. The number of likely N-dealkylation sites (tertiary alicyclic amines) is 1. The number of hydrogen-bond acceptors (Lipinski definition) is 3. The van der Waals surface area contributed by atoms with Gasteiger partial charge in [0.05, 0.1) is 5.92 Å². The Morgan fingerprint density at radius 2 is 2.00 bits per heavy atom. The minimum Gasteiger partial charge on any atom is -0.399 e. The number of carbonyl (C=O) groups is 1. The van der Waals surface area contributed by atoms with Gasteiger partial charge in [0, 0.05) is 25.0 Å². The van der Waals surface area contributed by atoms with Gasteiger partial charge in [-0.05, 0) is 25.0 Å². The van der Waals surface area contributed by atoms with Crippen molar-refractivity contribution >= 4 is 11.6 Å². The minimum atomic E-state index is -4.18. The van der Waals surface area contributed by atoms with Gasteiger partial charge in [0.25, 0.3) is 5.91 Å². The zero-order valence-electron chi connectivity index (χ0n) is 10.2. The average Bonchev–Trinajstić information content (AvgIpc) is 2.37. The predicted octanol–water partition coefficient (Wildman–Crippen LogP) is 2.08. The highest BCUT2D eigenvalue weighted by Gasteiger charge is 2.41. The lowest BCUT2D eigenvalue weighted by Crippen LogP contribution is -2.42. The summed E-state index contributed by atoms with van der Waals surface area (Å²) in [6, 6.07) is 2.98. The van der Waals surface area contributed by atoms with Crippen molar-refractivity contribution in [3.63, 3.8) is 0 Å². The molecule has 0 aliphatic carbocycles. The molecule has 2 heterocycles. The third-order valence-corrected chi connectivity index (χ3v) is 3.25. The summed E-state index contributed by atoms with van der Waals surface area (Å²) in [6.45, 7) is 0.193. The van der Waals surface area contributed by atoms with Crippen LogP contribution in [0, 0.1) is 5.92 Å². The fourth-order valence-electron chi connectivity index (χ4n) is 2.14. The quantitative estimate of drug-likeness (QED) is 0.852. The molecule has 0 unspecified atom stereocenters. The lowest BCUT2D eigenvalue weighted by molar-refractivity contribution is -0.183. The summed E-state index contributed by atoms with van der Waals surface area (Å²) in [5, 5.41) is 0. The smallest absolute Gasteiger partial charge is 0.391 e. The van der Waals surface area contributed by atoms with Crippen LogP contribution in [0.3, 0.4) is 0 Å². The molecular weight excluding hydrogens is 259 g/mol. The first-order chi connectivity index (χ1) is 8.88. The normalized spacial score (nSPS) is 17.5. The number of carbonyl (C=O) groups excluding carboxylic acids is 1. The molecule has 0 saturated carbocycles. The number of rotatable bonds is 1. The maximum absolute atomic E-state index is 12.5. The summed E-state index contributed by atoms with van der Waals surface area (Å²) < 4.78 is 37.5. The second-order valence-corrected chi connectivity index (χ2v) is 4.58. The predicted molar refractivity (Wildman–Crippen MR) is 63.3 cm³/mol. The maximum atomic E-state index is 12.5. The highest BCUT2D eigenvalue weighted by atomic mass is 19.4. The van der Waals surface area contributed by atoms with Crippen molar-refractivity contribution in [2.45, 2.75) is 19.0 Å². The number of hydrogen-bond donors (Lipinski definition) is 1. The minimum absolute atomic E-state index is 0.0580. The fraction of sp³-hybridized carbons (Fsp3) is 0.500. The molecule has 1 aromatic heterocycles. The molecule has 19 heavy (non-hydrogen) atoms. The van der Waals surface area contributed by atoms with E-state index in [2.05, 4.69) is 4.98 Å². The molecule has 1 amide bonds. The van der Waals surface area contributed by atoms with Gasteiger partial charge in [0.1, 0.15) is 5.69 Å². The Morgan fingerprint density at radius 3 is 2.53 bits per heavy atom. The zero-order valence-corrected chi connectivity index (χ0v) is 10.2. The van der Waals surface area contributed by atoms with Crippen LogP contribution in [0.4, 0.5) is 18.9 Å². The van der Waals surface area contributed by atoms with Gasteiger partial charge in [-0.2, -0.15) is 13.2 Å². The molecule has 1 aromatic rings. The molecule has 1 fully saturated rings. The zero-order chi connectivity index (χ0) is 14.0. The molecular formula is C12H14F3N3O. The van der Waals surface area contributed by atoms with Crippen LogP contribution < -0.4 is 5.73 Å². The van der Waals surface area contributed by atoms with E-state index < -0.39 is 12.1 Å². The number of halogens is 3. The number of piperidine rings is 1. The van der Waals surface area contributed by atoms with Gasteiger partial charge in [0.2, 0.25) is 0 Å². The van der Waals surface area contributed by atoms with E-state index in [4.69, 9.17) is 5.73 Å². The van der Waals surface area contributed by atoms with Crippen LogP contribution in [0.15, 0.2) is 18.3 Å². The fourth-order valence-corrected chi connectivity index (χ4v) is 2.14. The van der Waals surface area contributed by atoms with Crippen molar-refractivity contribution < 1.29 is 18.0 Å². The summed E-state index contributed by atoms with van der Waals surface area (Å²) in [7, 11) is 0. The number of nitrogen functional groups attached to an aromatic ring is 1. The van der Waals surface area contributed by atoms with Crippen molar-refractivity contribution in [2.24, 2.45) is 5.92 Å². The molecule has 104 valence electrons. The first kappa shape index (κ1) is 13.6. The molecule has 2 N–H and O–H groups in total. The Labute approximate surface area is 108 Å². The Hall–Kier alpha value is -1.79. The maximum Gasteiger partial charge on any atom is 0.391 e. The summed E-state index contributed by atoms with van der Waals surface area (Å²) >= 11 is 0. The second-order valence-electron chi connectivity index (χ2n) is 4.58. The summed E-state index contributed by atoms with van der Waals surface area (Å²) in [6.07, 6.45) is -2.88. The van der Waals surface area contributed by atoms with Crippen molar-refractivity contribution in [2.75, 3.05) is 18.8 Å². The van der Waals surface area contributed by atoms with Gasteiger partial charge in [0.15, 0.2) is 0 Å². The third kappa shape index (κ3) is 3.15. The average molecular weight is 273 g/mol. The van der Waals surface area contributed by atoms with Gasteiger partial charge in [-0.1, -0.05) is 0 Å². The van der Waals surface area contributed by atoms with E-state index in [1.54, 1.807) is 6.07 Å². The monoisotopic (exact) mass is 273 g/mol. The van der Waals surface area contributed by atoms with Gasteiger partial charge < -0.3 is 10.6 Å². The number of aromatic nitrogens is 1. The molecule has 4 nitrogen and oxygen atoms in total. The first-order valence-corrected chi connectivity index (χ1v) is 5.95. The van der Waals surface area contributed by atoms with Gasteiger partial charge in [-0.15, -0.1) is 0 Å². The molecule has 0 spiro atoms. The Kier molecular flexibility index (Phi) is 3.64. The van der Waals surface area contributed by atoms with Crippen molar-refractivity contribution in [1.29, 1.82) is 0 Å². The second kappa shape index (κ2) is 5.07. The van der Waals surface area contributed by atoms with E-state index in [0.29, 0.717) is 5.69 Å². The van der Waals surface area contributed by atoms with E-state index in [9.17, 15) is 18.0 Å². The Balaban J connectivity index is 2.00. The number of pyridine rings is 1. The SMILES string of the molecule is Nc1ccnc(C(=O)N2CCC(C(F)(F)F)CC2)c1. The number of amides is 1. The van der Waals surface area contributed by atoms with Crippen LogP contribution in [0.2, 0.25) is 0 Å². The largest absolute Gasteiger partial charge is 0.399 e. The van der Waals surface area contributed by atoms with Crippen LogP contribution in [0.1, 0.15) is 23.3 Å². The number of anilines is 1. The Morgan fingerprint density at radius 1 is 1.37 bits per heavy atom. The Bertz CT molecular complexity index is 468. The van der Waals surface area contributed by atoms with Crippen molar-refractivity contribution in [3.8, 4) is 0 Å². The van der Waals surface area contributed by atoms with Crippen LogP contribution in [0.5, 0.6) is 0 Å². The molecule has 2 rings (SSSR count). The molecule has 1 aliphatic heterocycles. The van der Waals surface area contributed by atoms with Gasteiger partial charge in [-0.25, -0.2) is 0 Å². The number of nitrogens with zero attached hydrogens (tertiary/aromatic N) is 2. The first-order valence-electron chi connectivity index (χ1n) is 5.95. The third-order valence-electron chi connectivity index (χ3n) is 3.25. The van der Waals surface area contributed by atoms with Crippen LogP contribution in [-0.2, 0) is 0 Å². The molecule has 1 saturated heterocycles. The van der Waals surface area contributed by atoms with Crippen molar-refractivity contribution in [3.05, 3.63) is 24.0 Å². The summed E-state index contributed by atoms with van der Waals surface area (Å²) in [5.74, 6) is -1.68. The summed E-state index contributed by atoms with van der Waals surface area (Å²) in [5.41, 5.74) is 6.12. The highest BCUT2D eigenvalue weighted by Crippen LogP contribution is 2.34. The summed E-state index contributed by atoms with van der Waals surface area (Å²) in [4.78, 5) is 17.3. The molecule has 0 aromatic carbocycles. The number of alkyl halides is 3. The molecule has 0 atom stereocenters. The molecule has 7 heteroatoms. The van der Waals surface area contributed by atoms with E-state index >= 15 is 0 Å². The topological polar surface area (TPSA) is 59.2 Å². The standard InChI is InChI=1S/C12H14F3N3O/c13-12(14,15)8-2-5-18(6-3-8)11(19)10-7-9(16)1-4-17-10/h1,4,7-8H,2-3,5-6H2,(H2,16,17). The van der Waals surface area contributed by atoms with Crippen molar-refractivity contribution in [1.82, 2.24) is 9.88 Å². The van der Waals surface area contributed by atoms with Gasteiger partial charge >= 0.3 is 6.18 Å². The van der Waals surface area contributed by atoms with Crippen LogP contribution >= 0.6 is 0 Å². The lowest BCUT2D eigenvalue weighted by Gasteiger charge is -2.32. The van der Waals surface area contributed by atoms with E-state index in [1.165, 1.54) is 17.2 Å². The molecule has 0 radical (unpaired) electrons. The lowest BCUT2D eigenvalue weighted by atomic mass is 9.96. The van der Waals surface area contributed by atoms with E-state index in [1.807, 2.05) is 0 Å². The van der Waals surface area contributed by atoms with E-state index in [0.717, 1.165) is 0 Å². The molecule has 1 aliphatic rings. The molecule has 0 bridgehead atoms. The highest BCUT2D eigenvalue weighted by molar-refractivity contribution is 5.93. The van der Waals surface area contributed by atoms with E-state index in [-0.39, 0.29) is 37.5 Å². The van der Waals surface area contributed by atoms with Crippen LogP contribution in [-0.4, -0.2) is 35.1 Å². The van der Waals surface area contributed by atoms with Gasteiger partial charge in [-0.3, -0.25) is 9.78 Å².